The van der Waals surface area contributed by atoms with Crippen molar-refractivity contribution in [2.75, 3.05) is 6.54 Å². The van der Waals surface area contributed by atoms with Crippen molar-refractivity contribution >= 4 is 15.9 Å². The number of benzene rings is 1. The number of halogens is 2. The molecule has 0 heterocycles. The third-order valence-electron chi connectivity index (χ3n) is 1.97. The second-order valence-corrected chi connectivity index (χ2v) is 4.52. The Morgan fingerprint density at radius 3 is 2.80 bits per heavy atom. The van der Waals surface area contributed by atoms with Gasteiger partial charge in [-0.05, 0) is 47.5 Å². The van der Waals surface area contributed by atoms with Gasteiger partial charge in [-0.15, -0.1) is 0 Å². The zero-order chi connectivity index (χ0) is 11.3. The van der Waals surface area contributed by atoms with Crippen LogP contribution in [-0.4, -0.2) is 6.54 Å². The third-order valence-corrected chi connectivity index (χ3v) is 2.58. The first kappa shape index (κ1) is 12.4. The van der Waals surface area contributed by atoms with Gasteiger partial charge in [-0.3, -0.25) is 0 Å². The molecule has 0 saturated heterocycles. The lowest BCUT2D eigenvalue weighted by Crippen LogP contribution is -2.13. The van der Waals surface area contributed by atoms with Crippen molar-refractivity contribution in [3.8, 4) is 0 Å². The van der Waals surface area contributed by atoms with E-state index in [9.17, 15) is 4.39 Å². The minimum absolute atomic E-state index is 0.219. The summed E-state index contributed by atoms with van der Waals surface area (Å²) < 4.78 is 13.4. The third kappa shape index (κ3) is 4.58. The van der Waals surface area contributed by atoms with E-state index in [1.807, 2.05) is 0 Å². The van der Waals surface area contributed by atoms with E-state index in [2.05, 4.69) is 41.2 Å². The molecule has 0 aromatic heterocycles. The highest BCUT2D eigenvalue weighted by Crippen LogP contribution is 2.16. The predicted octanol–water partition coefficient (Wildman–Crippen LogP) is 3.64. The summed E-state index contributed by atoms with van der Waals surface area (Å²) in [5, 5.41) is 3.26. The van der Waals surface area contributed by atoms with E-state index in [1.165, 1.54) is 11.6 Å². The van der Waals surface area contributed by atoms with Crippen LogP contribution >= 0.6 is 15.9 Å². The van der Waals surface area contributed by atoms with Gasteiger partial charge >= 0.3 is 0 Å². The lowest BCUT2D eigenvalue weighted by atomic mass is 10.2. The Kier molecular flexibility index (Phi) is 4.99. The highest BCUT2D eigenvalue weighted by Gasteiger charge is 1.99. The van der Waals surface area contributed by atoms with Crippen molar-refractivity contribution in [2.45, 2.75) is 20.4 Å². The van der Waals surface area contributed by atoms with E-state index in [1.54, 1.807) is 12.1 Å². The largest absolute Gasteiger partial charge is 0.309 e. The van der Waals surface area contributed by atoms with E-state index in [0.717, 1.165) is 18.7 Å². The fraction of sp³-hybridized carbons (Fsp3) is 0.333. The molecule has 82 valence electrons. The van der Waals surface area contributed by atoms with Gasteiger partial charge in [0.25, 0.3) is 0 Å². The zero-order valence-electron chi connectivity index (χ0n) is 8.98. The number of nitrogens with one attached hydrogen (secondary N) is 1. The lowest BCUT2D eigenvalue weighted by molar-refractivity contribution is 0.619. The Hall–Kier alpha value is -0.670. The quantitative estimate of drug-likeness (QED) is 0.651. The van der Waals surface area contributed by atoms with Gasteiger partial charge in [-0.1, -0.05) is 17.7 Å². The van der Waals surface area contributed by atoms with Gasteiger partial charge in [0.1, 0.15) is 5.82 Å². The molecule has 1 nitrogen and oxygen atoms in total. The molecule has 0 atom stereocenters. The SMILES string of the molecule is CC(C)=CCNCc1ccc(F)c(Br)c1. The van der Waals surface area contributed by atoms with E-state index >= 15 is 0 Å². The number of rotatable bonds is 4. The maximum atomic E-state index is 12.9. The Labute approximate surface area is 98.5 Å². The fourth-order valence-corrected chi connectivity index (χ4v) is 1.57. The Bertz CT molecular complexity index is 357. The first-order valence-corrected chi connectivity index (χ1v) is 5.67. The molecule has 0 amide bonds. The minimum Gasteiger partial charge on any atom is -0.309 e. The van der Waals surface area contributed by atoms with Gasteiger partial charge in [0.15, 0.2) is 0 Å². The zero-order valence-corrected chi connectivity index (χ0v) is 10.6. The molecule has 0 aliphatic rings. The summed E-state index contributed by atoms with van der Waals surface area (Å²) in [7, 11) is 0. The lowest BCUT2D eigenvalue weighted by Gasteiger charge is -2.03. The van der Waals surface area contributed by atoms with Gasteiger partial charge in [0.2, 0.25) is 0 Å². The van der Waals surface area contributed by atoms with Crippen LogP contribution in [-0.2, 0) is 6.54 Å². The van der Waals surface area contributed by atoms with E-state index in [4.69, 9.17) is 0 Å². The maximum Gasteiger partial charge on any atom is 0.137 e. The molecule has 0 unspecified atom stereocenters. The average molecular weight is 272 g/mol. The molecule has 1 aromatic rings. The van der Waals surface area contributed by atoms with Crippen molar-refractivity contribution in [3.05, 3.63) is 45.7 Å². The van der Waals surface area contributed by atoms with E-state index in [0.29, 0.717) is 4.47 Å². The first-order chi connectivity index (χ1) is 7.09. The van der Waals surface area contributed by atoms with Gasteiger partial charge in [0.05, 0.1) is 4.47 Å². The Morgan fingerprint density at radius 1 is 1.47 bits per heavy atom. The van der Waals surface area contributed by atoms with Crippen LogP contribution in [0.4, 0.5) is 4.39 Å². The average Bonchev–Trinajstić information content (AvgIpc) is 2.18. The molecule has 0 spiro atoms. The smallest absolute Gasteiger partial charge is 0.137 e. The Balaban J connectivity index is 2.44. The molecule has 15 heavy (non-hydrogen) atoms. The van der Waals surface area contributed by atoms with Crippen molar-refractivity contribution in [1.29, 1.82) is 0 Å². The summed E-state index contributed by atoms with van der Waals surface area (Å²) in [6.45, 7) is 5.73. The van der Waals surface area contributed by atoms with Crippen LogP contribution in [0.5, 0.6) is 0 Å². The number of hydrogen-bond acceptors (Lipinski definition) is 1. The first-order valence-electron chi connectivity index (χ1n) is 4.87. The minimum atomic E-state index is -0.219. The standard InChI is InChI=1S/C12H15BrFN/c1-9(2)5-6-15-8-10-3-4-12(14)11(13)7-10/h3-5,7,15H,6,8H2,1-2H3. The summed E-state index contributed by atoms with van der Waals surface area (Å²) >= 11 is 3.16. The van der Waals surface area contributed by atoms with Gasteiger partial charge in [-0.25, -0.2) is 4.39 Å². The van der Waals surface area contributed by atoms with Crippen molar-refractivity contribution in [1.82, 2.24) is 5.32 Å². The molecule has 1 aromatic carbocycles. The molecule has 1 N–H and O–H groups in total. The second-order valence-electron chi connectivity index (χ2n) is 3.66. The molecular formula is C12H15BrFN. The van der Waals surface area contributed by atoms with E-state index in [-0.39, 0.29) is 5.82 Å². The van der Waals surface area contributed by atoms with Crippen molar-refractivity contribution in [2.24, 2.45) is 0 Å². The molecule has 0 aliphatic heterocycles. The Morgan fingerprint density at radius 2 is 2.20 bits per heavy atom. The van der Waals surface area contributed by atoms with Crippen molar-refractivity contribution < 1.29 is 4.39 Å². The highest BCUT2D eigenvalue weighted by atomic mass is 79.9. The van der Waals surface area contributed by atoms with Crippen molar-refractivity contribution in [3.63, 3.8) is 0 Å². The summed E-state index contributed by atoms with van der Waals surface area (Å²) in [6.07, 6.45) is 2.12. The summed E-state index contributed by atoms with van der Waals surface area (Å²) in [5.41, 5.74) is 2.37. The predicted molar refractivity (Wildman–Crippen MR) is 65.2 cm³/mol. The van der Waals surface area contributed by atoms with Crippen LogP contribution in [0.1, 0.15) is 19.4 Å². The normalized spacial score (nSPS) is 10.1. The molecule has 3 heteroatoms. The molecule has 0 bridgehead atoms. The number of allylic oxidation sites excluding steroid dienone is 1. The molecule has 0 saturated carbocycles. The topological polar surface area (TPSA) is 12.0 Å². The molecule has 0 aliphatic carbocycles. The maximum absolute atomic E-state index is 12.9. The van der Waals surface area contributed by atoms with Crippen LogP contribution in [0.25, 0.3) is 0 Å². The number of hydrogen-bond donors (Lipinski definition) is 1. The van der Waals surface area contributed by atoms with Crippen LogP contribution in [0.2, 0.25) is 0 Å². The van der Waals surface area contributed by atoms with Crippen LogP contribution < -0.4 is 5.32 Å². The van der Waals surface area contributed by atoms with Crippen LogP contribution in [0.15, 0.2) is 34.3 Å². The second kappa shape index (κ2) is 6.03. The fourth-order valence-electron chi connectivity index (χ4n) is 1.14. The molecular weight excluding hydrogens is 257 g/mol. The summed E-state index contributed by atoms with van der Waals surface area (Å²) in [6, 6.07) is 5.06. The van der Waals surface area contributed by atoms with Crippen LogP contribution in [0.3, 0.4) is 0 Å². The van der Waals surface area contributed by atoms with Crippen LogP contribution in [0, 0.1) is 5.82 Å². The van der Waals surface area contributed by atoms with E-state index < -0.39 is 0 Å². The van der Waals surface area contributed by atoms with Gasteiger partial charge < -0.3 is 5.32 Å². The van der Waals surface area contributed by atoms with Gasteiger partial charge in [-0.2, -0.15) is 0 Å². The molecule has 0 fully saturated rings. The molecule has 0 radical (unpaired) electrons. The monoisotopic (exact) mass is 271 g/mol. The highest BCUT2D eigenvalue weighted by molar-refractivity contribution is 9.10. The summed E-state index contributed by atoms with van der Waals surface area (Å²) in [5.74, 6) is -0.219. The summed E-state index contributed by atoms with van der Waals surface area (Å²) in [4.78, 5) is 0. The molecule has 1 rings (SSSR count). The van der Waals surface area contributed by atoms with Gasteiger partial charge in [0, 0.05) is 13.1 Å².